The Balaban J connectivity index is 1.37. The molecule has 0 saturated carbocycles. The van der Waals surface area contributed by atoms with Crippen molar-refractivity contribution in [2.45, 2.75) is 32.3 Å². The van der Waals surface area contributed by atoms with E-state index in [9.17, 15) is 0 Å². The zero-order valence-corrected chi connectivity index (χ0v) is 20.9. The van der Waals surface area contributed by atoms with E-state index in [2.05, 4.69) is 15.0 Å². The predicted molar refractivity (Wildman–Crippen MR) is 135 cm³/mol. The van der Waals surface area contributed by atoms with Crippen molar-refractivity contribution in [1.82, 2.24) is 19.7 Å². The lowest BCUT2D eigenvalue weighted by molar-refractivity contribution is -0.155. The number of imidazole rings is 1. The van der Waals surface area contributed by atoms with Crippen LogP contribution in [-0.2, 0) is 22.7 Å². The first-order valence-corrected chi connectivity index (χ1v) is 11.7. The summed E-state index contributed by atoms with van der Waals surface area (Å²) in [6.45, 7) is 1.37. The Labute approximate surface area is 213 Å². The molecule has 2 aromatic heterocycles. The van der Waals surface area contributed by atoms with Crippen LogP contribution in [0.5, 0.6) is 11.5 Å². The molecule has 0 aliphatic rings. The van der Waals surface area contributed by atoms with Crippen LogP contribution >= 0.6 is 11.6 Å². The highest BCUT2D eigenvalue weighted by molar-refractivity contribution is 6.33. The molecule has 2 N–H and O–H groups in total. The lowest BCUT2D eigenvalue weighted by Gasteiger charge is -2.20. The average Bonchev–Trinajstić information content (AvgIpc) is 3.30. The van der Waals surface area contributed by atoms with Crippen molar-refractivity contribution in [3.63, 3.8) is 0 Å². The summed E-state index contributed by atoms with van der Waals surface area (Å²) < 4.78 is 23.7. The van der Waals surface area contributed by atoms with Gasteiger partial charge in [0, 0.05) is 13.0 Å². The first-order chi connectivity index (χ1) is 17.6. The summed E-state index contributed by atoms with van der Waals surface area (Å²) >= 11 is 6.14. The quantitative estimate of drug-likeness (QED) is 0.160. The standard InChI is InChI=1S/C25H28ClN5O5/c1-32-19-9-5-17(6-10-19)14-34-13-3-4-21(35-15-18-7-11-20(33-2)12-8-18)36-31-16-28-22-23(26)29-25(27)30-24(22)31/h5-12,16,21H,3-4,13-15H2,1-2H3,(H2,27,29,30). The van der Waals surface area contributed by atoms with Gasteiger partial charge in [-0.1, -0.05) is 35.9 Å². The summed E-state index contributed by atoms with van der Waals surface area (Å²) in [4.78, 5) is 18.4. The third-order valence-corrected chi connectivity index (χ3v) is 5.59. The maximum absolute atomic E-state index is 6.14. The van der Waals surface area contributed by atoms with E-state index in [-0.39, 0.29) is 11.1 Å². The molecule has 2 heterocycles. The molecule has 36 heavy (non-hydrogen) atoms. The van der Waals surface area contributed by atoms with Crippen LogP contribution < -0.4 is 20.0 Å². The van der Waals surface area contributed by atoms with Crippen LogP contribution in [0.1, 0.15) is 24.0 Å². The van der Waals surface area contributed by atoms with Crippen molar-refractivity contribution in [2.24, 2.45) is 0 Å². The summed E-state index contributed by atoms with van der Waals surface area (Å²) in [7, 11) is 3.27. The number of nitrogen functional groups attached to an aromatic ring is 1. The van der Waals surface area contributed by atoms with Gasteiger partial charge in [0.1, 0.15) is 23.3 Å². The number of rotatable bonds is 13. The Morgan fingerprint density at radius 1 is 0.917 bits per heavy atom. The first kappa shape index (κ1) is 25.5. The molecule has 0 amide bonds. The number of fused-ring (bicyclic) bond motifs is 1. The molecule has 11 heteroatoms. The maximum atomic E-state index is 6.14. The lowest BCUT2D eigenvalue weighted by atomic mass is 10.2. The number of anilines is 1. The van der Waals surface area contributed by atoms with Gasteiger partial charge in [-0.2, -0.15) is 9.97 Å². The van der Waals surface area contributed by atoms with E-state index in [4.69, 9.17) is 41.1 Å². The Morgan fingerprint density at radius 2 is 1.56 bits per heavy atom. The van der Waals surface area contributed by atoms with Crippen LogP contribution in [-0.4, -0.2) is 46.8 Å². The number of nitrogens with zero attached hydrogens (tertiary/aromatic N) is 4. The Kier molecular flexibility index (Phi) is 8.77. The minimum Gasteiger partial charge on any atom is -0.497 e. The van der Waals surface area contributed by atoms with Crippen molar-refractivity contribution >= 4 is 28.7 Å². The molecule has 1 atom stereocenters. The summed E-state index contributed by atoms with van der Waals surface area (Å²) in [5, 5.41) is 0.155. The van der Waals surface area contributed by atoms with Gasteiger partial charge in [0.15, 0.2) is 5.15 Å². The molecule has 0 fully saturated rings. The molecule has 4 aromatic rings. The smallest absolute Gasteiger partial charge is 0.225 e. The Morgan fingerprint density at radius 3 is 2.19 bits per heavy atom. The maximum Gasteiger partial charge on any atom is 0.225 e. The molecule has 10 nitrogen and oxygen atoms in total. The van der Waals surface area contributed by atoms with Crippen molar-refractivity contribution in [2.75, 3.05) is 26.6 Å². The van der Waals surface area contributed by atoms with Gasteiger partial charge in [0.25, 0.3) is 0 Å². The zero-order valence-electron chi connectivity index (χ0n) is 20.1. The summed E-state index contributed by atoms with van der Waals surface area (Å²) in [6, 6.07) is 15.4. The largest absolute Gasteiger partial charge is 0.497 e. The molecule has 0 radical (unpaired) electrons. The number of nitrogens with two attached hydrogens (primary N) is 1. The van der Waals surface area contributed by atoms with Gasteiger partial charge in [-0.3, -0.25) is 0 Å². The molecule has 2 aromatic carbocycles. The number of methoxy groups -OCH3 is 2. The van der Waals surface area contributed by atoms with E-state index >= 15 is 0 Å². The molecule has 0 aliphatic carbocycles. The van der Waals surface area contributed by atoms with E-state index in [1.807, 2.05) is 48.5 Å². The summed E-state index contributed by atoms with van der Waals surface area (Å²) in [5.74, 6) is 1.62. The first-order valence-electron chi connectivity index (χ1n) is 11.3. The van der Waals surface area contributed by atoms with Crippen LogP contribution in [0.25, 0.3) is 11.2 Å². The van der Waals surface area contributed by atoms with Crippen molar-refractivity contribution in [3.8, 4) is 11.5 Å². The molecule has 4 rings (SSSR count). The predicted octanol–water partition coefficient (Wildman–Crippen LogP) is 4.05. The molecular weight excluding hydrogens is 486 g/mol. The van der Waals surface area contributed by atoms with Gasteiger partial charge >= 0.3 is 0 Å². The molecular formula is C25H28ClN5O5. The summed E-state index contributed by atoms with van der Waals surface area (Å²) in [5.41, 5.74) is 8.55. The molecule has 0 aliphatic heterocycles. The minimum atomic E-state index is -0.607. The zero-order chi connectivity index (χ0) is 25.3. The average molecular weight is 514 g/mol. The van der Waals surface area contributed by atoms with Gasteiger partial charge in [-0.25, -0.2) is 4.98 Å². The molecule has 0 spiro atoms. The van der Waals surface area contributed by atoms with E-state index in [0.29, 0.717) is 43.8 Å². The van der Waals surface area contributed by atoms with Crippen molar-refractivity contribution in [3.05, 3.63) is 71.1 Å². The van der Waals surface area contributed by atoms with E-state index < -0.39 is 6.29 Å². The number of hydrogen-bond acceptors (Lipinski definition) is 9. The van der Waals surface area contributed by atoms with Gasteiger partial charge < -0.3 is 29.5 Å². The fraction of sp³-hybridized carbons (Fsp3) is 0.320. The second-order valence-corrected chi connectivity index (χ2v) is 8.21. The van der Waals surface area contributed by atoms with E-state index in [1.54, 1.807) is 14.2 Å². The van der Waals surface area contributed by atoms with Crippen molar-refractivity contribution in [1.29, 1.82) is 0 Å². The summed E-state index contributed by atoms with van der Waals surface area (Å²) in [6.07, 6.45) is 2.12. The van der Waals surface area contributed by atoms with Crippen LogP contribution in [0.15, 0.2) is 54.9 Å². The van der Waals surface area contributed by atoms with Gasteiger partial charge in [0.2, 0.25) is 17.9 Å². The number of halogens is 1. The second kappa shape index (κ2) is 12.4. The molecule has 0 bridgehead atoms. The molecule has 190 valence electrons. The topological polar surface area (TPSA) is 116 Å². The monoisotopic (exact) mass is 513 g/mol. The number of ether oxygens (including phenoxy) is 4. The van der Waals surface area contributed by atoms with Gasteiger partial charge in [-0.15, -0.1) is 4.73 Å². The Bertz CT molecular complexity index is 1250. The van der Waals surface area contributed by atoms with E-state index in [0.717, 1.165) is 22.6 Å². The number of aromatic nitrogens is 4. The fourth-order valence-electron chi connectivity index (χ4n) is 3.41. The van der Waals surface area contributed by atoms with Crippen LogP contribution in [0.2, 0.25) is 5.15 Å². The second-order valence-electron chi connectivity index (χ2n) is 7.85. The molecule has 1 unspecified atom stereocenters. The minimum absolute atomic E-state index is 0.0282. The fourth-order valence-corrected chi connectivity index (χ4v) is 3.63. The number of benzene rings is 2. The SMILES string of the molecule is COc1ccc(COCCCC(OCc2ccc(OC)cc2)On2cnc3c(Cl)nc(N)nc32)cc1. The lowest BCUT2D eigenvalue weighted by Crippen LogP contribution is -2.28. The molecule has 0 saturated heterocycles. The normalized spacial score (nSPS) is 12.0. The van der Waals surface area contributed by atoms with Gasteiger partial charge in [0.05, 0.1) is 27.4 Å². The van der Waals surface area contributed by atoms with Crippen LogP contribution in [0, 0.1) is 0 Å². The highest BCUT2D eigenvalue weighted by atomic mass is 35.5. The third-order valence-electron chi connectivity index (χ3n) is 5.32. The third kappa shape index (κ3) is 6.75. The highest BCUT2D eigenvalue weighted by Gasteiger charge is 2.17. The van der Waals surface area contributed by atoms with Crippen LogP contribution in [0.3, 0.4) is 0 Å². The van der Waals surface area contributed by atoms with E-state index in [1.165, 1.54) is 11.1 Å². The van der Waals surface area contributed by atoms with Gasteiger partial charge in [-0.05, 0) is 41.8 Å². The van der Waals surface area contributed by atoms with Crippen LogP contribution in [0.4, 0.5) is 5.95 Å². The number of hydrogen-bond donors (Lipinski definition) is 1. The van der Waals surface area contributed by atoms with Crippen molar-refractivity contribution < 1.29 is 23.8 Å². The Hall–Kier alpha value is -3.60. The highest BCUT2D eigenvalue weighted by Crippen LogP contribution is 2.20.